The summed E-state index contributed by atoms with van der Waals surface area (Å²) in [5.41, 5.74) is 0. The molecule has 2 aromatic heterocycles. The zero-order valence-corrected chi connectivity index (χ0v) is 12.0. The van der Waals surface area contributed by atoms with Gasteiger partial charge in [0, 0.05) is 7.05 Å². The number of carboxylic acid groups (broad SMARTS) is 1. The summed E-state index contributed by atoms with van der Waals surface area (Å²) < 4.78 is 2.82. The molecule has 2 heterocycles. The van der Waals surface area contributed by atoms with Crippen molar-refractivity contribution in [2.24, 2.45) is 7.05 Å². The van der Waals surface area contributed by atoms with Crippen LogP contribution in [-0.4, -0.2) is 31.6 Å². The molecule has 0 aliphatic carbocycles. The highest BCUT2D eigenvalue weighted by Crippen LogP contribution is 2.31. The van der Waals surface area contributed by atoms with E-state index in [0.717, 1.165) is 26.2 Å². The van der Waals surface area contributed by atoms with Crippen LogP contribution in [0.4, 0.5) is 0 Å². The molecule has 2 rings (SSSR count). The Hall–Kier alpha value is -0.860. The molecule has 0 aliphatic rings. The van der Waals surface area contributed by atoms with Crippen molar-refractivity contribution in [3.8, 4) is 10.7 Å². The first-order chi connectivity index (χ1) is 8.08. The highest BCUT2D eigenvalue weighted by molar-refractivity contribution is 9.11. The molecule has 0 radical (unpaired) electrons. The largest absolute Gasteiger partial charge is 0.481 e. The van der Waals surface area contributed by atoms with Crippen LogP contribution in [0.1, 0.15) is 0 Å². The Kier molecular flexibility index (Phi) is 3.85. The first kappa shape index (κ1) is 12.6. The molecule has 0 spiro atoms. The lowest BCUT2D eigenvalue weighted by Crippen LogP contribution is -2.00. The van der Waals surface area contributed by atoms with E-state index in [0.29, 0.717) is 5.16 Å². The molecule has 0 unspecified atom stereocenters. The molecule has 0 fully saturated rings. The second-order valence-corrected chi connectivity index (χ2v) is 6.56. The van der Waals surface area contributed by atoms with E-state index in [4.69, 9.17) is 5.11 Å². The van der Waals surface area contributed by atoms with Crippen molar-refractivity contribution >= 4 is 45.0 Å². The third-order valence-electron chi connectivity index (χ3n) is 1.95. The number of carboxylic acids is 1. The van der Waals surface area contributed by atoms with Crippen molar-refractivity contribution in [2.45, 2.75) is 5.16 Å². The first-order valence-corrected chi connectivity index (χ1v) is 7.17. The Bertz CT molecular complexity index is 552. The molecule has 0 saturated carbocycles. The fourth-order valence-electron chi connectivity index (χ4n) is 1.22. The molecule has 0 amide bonds. The van der Waals surface area contributed by atoms with Crippen LogP contribution in [0.5, 0.6) is 0 Å². The van der Waals surface area contributed by atoms with Crippen LogP contribution in [0.3, 0.4) is 0 Å². The van der Waals surface area contributed by atoms with Crippen LogP contribution in [0.15, 0.2) is 21.1 Å². The van der Waals surface area contributed by atoms with E-state index in [-0.39, 0.29) is 5.75 Å². The first-order valence-electron chi connectivity index (χ1n) is 4.57. The molecular formula is C9H8BrN3O2S2. The molecule has 0 aliphatic heterocycles. The van der Waals surface area contributed by atoms with Crippen LogP contribution in [0.25, 0.3) is 10.7 Å². The number of thioether (sulfide) groups is 1. The topological polar surface area (TPSA) is 68.0 Å². The lowest BCUT2D eigenvalue weighted by molar-refractivity contribution is -0.133. The summed E-state index contributed by atoms with van der Waals surface area (Å²) in [6.07, 6.45) is 0. The van der Waals surface area contributed by atoms with E-state index in [2.05, 4.69) is 26.1 Å². The average molecular weight is 334 g/mol. The lowest BCUT2D eigenvalue weighted by Gasteiger charge is -2.00. The maximum absolute atomic E-state index is 10.5. The molecular weight excluding hydrogens is 326 g/mol. The summed E-state index contributed by atoms with van der Waals surface area (Å²) in [5, 5.41) is 17.3. The highest BCUT2D eigenvalue weighted by Gasteiger charge is 2.13. The predicted molar refractivity (Wildman–Crippen MR) is 70.4 cm³/mol. The third kappa shape index (κ3) is 2.88. The summed E-state index contributed by atoms with van der Waals surface area (Å²) in [7, 11) is 1.83. The minimum absolute atomic E-state index is 0.0138. The molecule has 0 saturated heterocycles. The van der Waals surface area contributed by atoms with Crippen molar-refractivity contribution in [1.29, 1.82) is 0 Å². The molecule has 8 heteroatoms. The zero-order chi connectivity index (χ0) is 12.4. The van der Waals surface area contributed by atoms with Gasteiger partial charge in [-0.25, -0.2) is 0 Å². The van der Waals surface area contributed by atoms with Gasteiger partial charge in [-0.3, -0.25) is 4.79 Å². The summed E-state index contributed by atoms with van der Waals surface area (Å²) in [6, 6.07) is 3.89. The number of aromatic nitrogens is 3. The molecule has 0 atom stereocenters. The van der Waals surface area contributed by atoms with Gasteiger partial charge in [0.05, 0.1) is 14.4 Å². The summed E-state index contributed by atoms with van der Waals surface area (Å²) in [6.45, 7) is 0. The predicted octanol–water partition coefficient (Wildman–Crippen LogP) is 2.48. The van der Waals surface area contributed by atoms with Gasteiger partial charge in [0.25, 0.3) is 0 Å². The number of carbonyl (C=O) groups is 1. The van der Waals surface area contributed by atoms with Crippen LogP contribution in [-0.2, 0) is 11.8 Å². The number of rotatable bonds is 4. The standard InChI is InChI=1S/C9H8BrN3O2S2/c1-13-8(5-2-3-6(10)17-5)11-12-9(13)16-4-7(14)15/h2-3H,4H2,1H3,(H,14,15). The Morgan fingerprint density at radius 1 is 1.59 bits per heavy atom. The number of hydrogen-bond donors (Lipinski definition) is 1. The quantitative estimate of drug-likeness (QED) is 0.870. The van der Waals surface area contributed by atoms with Crippen molar-refractivity contribution in [1.82, 2.24) is 14.8 Å². The second-order valence-electron chi connectivity index (χ2n) is 3.15. The van der Waals surface area contributed by atoms with Crippen LogP contribution >= 0.6 is 39.0 Å². The Morgan fingerprint density at radius 2 is 2.35 bits per heavy atom. The molecule has 2 aromatic rings. The number of halogens is 1. The molecule has 0 aromatic carbocycles. The number of nitrogens with zero attached hydrogens (tertiary/aromatic N) is 3. The third-order valence-corrected chi connectivity index (χ3v) is 4.58. The van der Waals surface area contributed by atoms with Gasteiger partial charge in [-0.2, -0.15) is 0 Å². The summed E-state index contributed by atoms with van der Waals surface area (Å²) in [4.78, 5) is 11.5. The number of aliphatic carboxylic acids is 1. The lowest BCUT2D eigenvalue weighted by atomic mass is 10.4. The smallest absolute Gasteiger partial charge is 0.313 e. The van der Waals surface area contributed by atoms with Gasteiger partial charge in [0.15, 0.2) is 11.0 Å². The zero-order valence-electron chi connectivity index (χ0n) is 8.75. The Morgan fingerprint density at radius 3 is 2.94 bits per heavy atom. The number of hydrogen-bond acceptors (Lipinski definition) is 5. The maximum atomic E-state index is 10.5. The summed E-state index contributed by atoms with van der Waals surface area (Å²) >= 11 is 6.11. The highest BCUT2D eigenvalue weighted by atomic mass is 79.9. The Balaban J connectivity index is 2.23. The van der Waals surface area contributed by atoms with E-state index in [1.54, 1.807) is 15.9 Å². The van der Waals surface area contributed by atoms with Gasteiger partial charge in [0.1, 0.15) is 0 Å². The van der Waals surface area contributed by atoms with E-state index in [1.807, 2.05) is 19.2 Å². The van der Waals surface area contributed by atoms with Gasteiger partial charge in [-0.15, -0.1) is 21.5 Å². The minimum atomic E-state index is -0.863. The molecule has 90 valence electrons. The van der Waals surface area contributed by atoms with E-state index in [1.165, 1.54) is 0 Å². The van der Waals surface area contributed by atoms with Gasteiger partial charge in [0.2, 0.25) is 0 Å². The summed E-state index contributed by atoms with van der Waals surface area (Å²) in [5.74, 6) is -0.132. The molecule has 17 heavy (non-hydrogen) atoms. The maximum Gasteiger partial charge on any atom is 0.313 e. The van der Waals surface area contributed by atoms with Gasteiger partial charge < -0.3 is 9.67 Å². The SMILES string of the molecule is Cn1c(SCC(=O)O)nnc1-c1ccc(Br)s1. The van der Waals surface area contributed by atoms with Gasteiger partial charge in [-0.05, 0) is 28.1 Å². The van der Waals surface area contributed by atoms with Gasteiger partial charge in [-0.1, -0.05) is 11.8 Å². The average Bonchev–Trinajstić information content (AvgIpc) is 2.82. The number of thiophene rings is 1. The second kappa shape index (κ2) is 5.19. The van der Waals surface area contributed by atoms with Gasteiger partial charge >= 0.3 is 5.97 Å². The normalized spacial score (nSPS) is 10.7. The monoisotopic (exact) mass is 333 g/mol. The van der Waals surface area contributed by atoms with E-state index >= 15 is 0 Å². The van der Waals surface area contributed by atoms with Crippen molar-refractivity contribution in [3.63, 3.8) is 0 Å². The fraction of sp³-hybridized carbons (Fsp3) is 0.222. The van der Waals surface area contributed by atoms with Crippen molar-refractivity contribution in [2.75, 3.05) is 5.75 Å². The minimum Gasteiger partial charge on any atom is -0.481 e. The van der Waals surface area contributed by atoms with E-state index < -0.39 is 5.97 Å². The van der Waals surface area contributed by atoms with Crippen molar-refractivity contribution in [3.05, 3.63) is 15.9 Å². The van der Waals surface area contributed by atoms with E-state index in [9.17, 15) is 4.79 Å². The van der Waals surface area contributed by atoms with Crippen LogP contribution in [0.2, 0.25) is 0 Å². The fourth-order valence-corrected chi connectivity index (χ4v) is 3.25. The van der Waals surface area contributed by atoms with Crippen molar-refractivity contribution < 1.29 is 9.90 Å². The van der Waals surface area contributed by atoms with Crippen LogP contribution < -0.4 is 0 Å². The molecule has 0 bridgehead atoms. The van der Waals surface area contributed by atoms with Crippen LogP contribution in [0, 0.1) is 0 Å². The molecule has 1 N–H and O–H groups in total. The Labute approximate surface area is 114 Å². The molecule has 5 nitrogen and oxygen atoms in total.